The minimum atomic E-state index is 0.170. The van der Waals surface area contributed by atoms with Crippen molar-refractivity contribution in [2.24, 2.45) is 0 Å². The summed E-state index contributed by atoms with van der Waals surface area (Å²) in [5.74, 6) is 0.170. The third kappa shape index (κ3) is 1.32. The van der Waals surface area contributed by atoms with E-state index in [2.05, 4.69) is 13.8 Å². The maximum absolute atomic E-state index is 11.8. The predicted octanol–water partition coefficient (Wildman–Crippen LogP) is 1.30. The lowest BCUT2D eigenvalue weighted by Gasteiger charge is -2.45. The van der Waals surface area contributed by atoms with E-state index in [9.17, 15) is 4.79 Å². The molecule has 0 aromatic rings. The summed E-state index contributed by atoms with van der Waals surface area (Å²) < 4.78 is 5.06. The van der Waals surface area contributed by atoms with E-state index in [1.165, 1.54) is 0 Å². The summed E-state index contributed by atoms with van der Waals surface area (Å²) in [6.07, 6.45) is 3.51. The van der Waals surface area contributed by atoms with Gasteiger partial charge in [-0.1, -0.05) is 0 Å². The van der Waals surface area contributed by atoms with Crippen molar-refractivity contribution in [2.75, 3.05) is 6.61 Å². The molecule has 2 heterocycles. The highest BCUT2D eigenvalue weighted by molar-refractivity contribution is 5.94. The molecule has 0 aromatic heterocycles. The maximum Gasteiger partial charge on any atom is 0.253 e. The lowest BCUT2D eigenvalue weighted by molar-refractivity contribution is -0.138. The number of nitrogens with zero attached hydrogens (tertiary/aromatic N) is 1. The molecule has 2 aliphatic rings. The van der Waals surface area contributed by atoms with Gasteiger partial charge < -0.3 is 9.64 Å². The molecule has 72 valence electrons. The lowest BCUT2D eigenvalue weighted by atomic mass is 9.94. The molecule has 0 saturated carbocycles. The molecule has 1 amide bonds. The van der Waals surface area contributed by atoms with Crippen LogP contribution in [0.2, 0.25) is 0 Å². The smallest absolute Gasteiger partial charge is 0.253 e. The van der Waals surface area contributed by atoms with Crippen LogP contribution in [-0.4, -0.2) is 29.5 Å². The van der Waals surface area contributed by atoms with Gasteiger partial charge in [0.15, 0.2) is 0 Å². The molecule has 1 saturated heterocycles. The SMILES string of the molecule is CC1CC(C)N1C(=O)C1=COCC1. The third-order valence-corrected chi connectivity index (χ3v) is 2.86. The largest absolute Gasteiger partial charge is 0.500 e. The fourth-order valence-corrected chi connectivity index (χ4v) is 2.13. The summed E-state index contributed by atoms with van der Waals surface area (Å²) in [6.45, 7) is 4.85. The van der Waals surface area contributed by atoms with Crippen molar-refractivity contribution in [1.82, 2.24) is 4.90 Å². The monoisotopic (exact) mass is 181 g/mol. The Hall–Kier alpha value is -0.990. The van der Waals surface area contributed by atoms with Crippen LogP contribution in [0.15, 0.2) is 11.8 Å². The first-order valence-electron chi connectivity index (χ1n) is 4.83. The number of ether oxygens (including phenoxy) is 1. The van der Waals surface area contributed by atoms with E-state index < -0.39 is 0 Å². The molecule has 0 spiro atoms. The quantitative estimate of drug-likeness (QED) is 0.610. The molecule has 13 heavy (non-hydrogen) atoms. The Morgan fingerprint density at radius 1 is 1.54 bits per heavy atom. The Morgan fingerprint density at radius 3 is 2.69 bits per heavy atom. The molecule has 2 aliphatic heterocycles. The van der Waals surface area contributed by atoms with Crippen LogP contribution in [0.25, 0.3) is 0 Å². The number of rotatable bonds is 1. The fourth-order valence-electron chi connectivity index (χ4n) is 2.13. The van der Waals surface area contributed by atoms with Gasteiger partial charge in [0.1, 0.15) is 0 Å². The predicted molar refractivity (Wildman–Crippen MR) is 49.0 cm³/mol. The van der Waals surface area contributed by atoms with Crippen molar-refractivity contribution < 1.29 is 9.53 Å². The minimum absolute atomic E-state index is 0.170. The van der Waals surface area contributed by atoms with Crippen LogP contribution in [0.3, 0.4) is 0 Å². The van der Waals surface area contributed by atoms with E-state index in [-0.39, 0.29) is 5.91 Å². The summed E-state index contributed by atoms with van der Waals surface area (Å²) in [6, 6.07) is 0.813. The molecule has 3 heteroatoms. The Morgan fingerprint density at radius 2 is 2.23 bits per heavy atom. The molecule has 2 rings (SSSR count). The number of likely N-dealkylation sites (tertiary alicyclic amines) is 1. The van der Waals surface area contributed by atoms with Crippen molar-refractivity contribution in [3.63, 3.8) is 0 Å². The Labute approximate surface area is 78.4 Å². The normalized spacial score (nSPS) is 32.2. The summed E-state index contributed by atoms with van der Waals surface area (Å²) >= 11 is 0. The van der Waals surface area contributed by atoms with Crippen molar-refractivity contribution >= 4 is 5.91 Å². The first-order chi connectivity index (χ1) is 6.20. The van der Waals surface area contributed by atoms with Crippen LogP contribution >= 0.6 is 0 Å². The van der Waals surface area contributed by atoms with Gasteiger partial charge in [0, 0.05) is 18.5 Å². The highest BCUT2D eigenvalue weighted by Gasteiger charge is 2.37. The van der Waals surface area contributed by atoms with Gasteiger partial charge in [0.25, 0.3) is 5.91 Å². The number of hydrogen-bond acceptors (Lipinski definition) is 2. The first-order valence-corrected chi connectivity index (χ1v) is 4.83. The summed E-state index contributed by atoms with van der Waals surface area (Å²) in [5, 5.41) is 0. The highest BCUT2D eigenvalue weighted by Crippen LogP contribution is 2.28. The number of hydrogen-bond donors (Lipinski definition) is 0. The zero-order chi connectivity index (χ0) is 9.42. The molecule has 0 bridgehead atoms. The molecule has 3 nitrogen and oxygen atoms in total. The molecule has 0 N–H and O–H groups in total. The van der Waals surface area contributed by atoms with Crippen LogP contribution < -0.4 is 0 Å². The topological polar surface area (TPSA) is 29.5 Å². The van der Waals surface area contributed by atoms with Gasteiger partial charge in [0.2, 0.25) is 0 Å². The van der Waals surface area contributed by atoms with Crippen LogP contribution in [0.4, 0.5) is 0 Å². The third-order valence-electron chi connectivity index (χ3n) is 2.86. The zero-order valence-electron chi connectivity index (χ0n) is 8.12. The van der Waals surface area contributed by atoms with Gasteiger partial charge in [-0.2, -0.15) is 0 Å². The van der Waals surface area contributed by atoms with E-state index in [0.29, 0.717) is 18.7 Å². The number of carbonyl (C=O) groups is 1. The van der Waals surface area contributed by atoms with Gasteiger partial charge in [0.05, 0.1) is 18.4 Å². The molecule has 1 fully saturated rings. The molecule has 0 radical (unpaired) electrons. The molecule has 2 atom stereocenters. The second-order valence-electron chi connectivity index (χ2n) is 3.91. The van der Waals surface area contributed by atoms with E-state index in [4.69, 9.17) is 4.74 Å². The second-order valence-corrected chi connectivity index (χ2v) is 3.91. The van der Waals surface area contributed by atoms with E-state index in [0.717, 1.165) is 18.4 Å². The fraction of sp³-hybridized carbons (Fsp3) is 0.700. The second kappa shape index (κ2) is 3.05. The van der Waals surface area contributed by atoms with Gasteiger partial charge in [-0.05, 0) is 20.3 Å². The van der Waals surface area contributed by atoms with Crippen LogP contribution in [0.5, 0.6) is 0 Å². The van der Waals surface area contributed by atoms with E-state index in [1.54, 1.807) is 6.26 Å². The van der Waals surface area contributed by atoms with Crippen molar-refractivity contribution in [3.05, 3.63) is 11.8 Å². The summed E-state index contributed by atoms with van der Waals surface area (Å²) in [4.78, 5) is 13.8. The van der Waals surface area contributed by atoms with Crippen LogP contribution in [0, 0.1) is 0 Å². The number of amides is 1. The average molecular weight is 181 g/mol. The van der Waals surface area contributed by atoms with Gasteiger partial charge in [-0.25, -0.2) is 0 Å². The van der Waals surface area contributed by atoms with Gasteiger partial charge in [-0.3, -0.25) is 4.79 Å². The zero-order valence-corrected chi connectivity index (χ0v) is 8.12. The molecule has 0 aromatic carbocycles. The molecule has 2 unspecified atom stereocenters. The van der Waals surface area contributed by atoms with E-state index in [1.807, 2.05) is 4.90 Å². The van der Waals surface area contributed by atoms with Crippen molar-refractivity contribution in [3.8, 4) is 0 Å². The Kier molecular flexibility index (Phi) is 2.02. The average Bonchev–Trinajstić information content (AvgIpc) is 2.55. The summed E-state index contributed by atoms with van der Waals surface area (Å²) in [7, 11) is 0. The van der Waals surface area contributed by atoms with E-state index >= 15 is 0 Å². The number of carbonyl (C=O) groups excluding carboxylic acids is 1. The Balaban J connectivity index is 2.04. The van der Waals surface area contributed by atoms with Gasteiger partial charge >= 0.3 is 0 Å². The summed E-state index contributed by atoms with van der Waals surface area (Å²) in [5.41, 5.74) is 0.832. The van der Waals surface area contributed by atoms with Crippen LogP contribution in [0.1, 0.15) is 26.7 Å². The van der Waals surface area contributed by atoms with Crippen LogP contribution in [-0.2, 0) is 9.53 Å². The van der Waals surface area contributed by atoms with Crippen molar-refractivity contribution in [1.29, 1.82) is 0 Å². The molecular weight excluding hydrogens is 166 g/mol. The standard InChI is InChI=1S/C10H15NO2/c1-7-5-8(2)11(7)10(12)9-3-4-13-6-9/h6-8H,3-5H2,1-2H3. The van der Waals surface area contributed by atoms with Gasteiger partial charge in [-0.15, -0.1) is 0 Å². The lowest BCUT2D eigenvalue weighted by Crippen LogP contribution is -2.56. The first kappa shape index (κ1) is 8.60. The maximum atomic E-state index is 11.8. The minimum Gasteiger partial charge on any atom is -0.500 e. The molecule has 0 aliphatic carbocycles. The highest BCUT2D eigenvalue weighted by atomic mass is 16.5. The molecular formula is C10H15NO2. The Bertz CT molecular complexity index is 252. The van der Waals surface area contributed by atoms with Crippen molar-refractivity contribution in [2.45, 2.75) is 38.8 Å².